The van der Waals surface area contributed by atoms with Crippen molar-refractivity contribution in [3.05, 3.63) is 53.6 Å². The molecule has 0 aromatic heterocycles. The van der Waals surface area contributed by atoms with E-state index in [1.165, 1.54) is 0 Å². The van der Waals surface area contributed by atoms with Crippen LogP contribution in [0.25, 0.3) is 0 Å². The summed E-state index contributed by atoms with van der Waals surface area (Å²) in [6, 6.07) is 13.5. The quantitative estimate of drug-likeness (QED) is 0.660. The standard InChI is InChI=1S/C16H19NO2/c1-12-4-3-5-13(2)16(12)19-11-10-18-15-8-6-14(17)7-9-15/h3-9H,10-11,17H2,1-2H3. The van der Waals surface area contributed by atoms with Gasteiger partial charge in [0.05, 0.1) is 0 Å². The van der Waals surface area contributed by atoms with Gasteiger partial charge in [-0.05, 0) is 49.2 Å². The number of ether oxygens (including phenoxy) is 2. The average molecular weight is 257 g/mol. The van der Waals surface area contributed by atoms with Crippen molar-refractivity contribution in [2.45, 2.75) is 13.8 Å². The van der Waals surface area contributed by atoms with Crippen LogP contribution in [0.1, 0.15) is 11.1 Å². The lowest BCUT2D eigenvalue weighted by atomic mass is 10.1. The zero-order valence-electron chi connectivity index (χ0n) is 11.3. The van der Waals surface area contributed by atoms with Gasteiger partial charge >= 0.3 is 0 Å². The largest absolute Gasteiger partial charge is 0.490 e. The molecule has 2 aromatic rings. The van der Waals surface area contributed by atoms with Gasteiger partial charge in [-0.1, -0.05) is 18.2 Å². The van der Waals surface area contributed by atoms with Crippen LogP contribution in [-0.2, 0) is 0 Å². The lowest BCUT2D eigenvalue weighted by molar-refractivity contribution is 0.215. The van der Waals surface area contributed by atoms with Crippen molar-refractivity contribution in [3.8, 4) is 11.5 Å². The molecule has 0 saturated heterocycles. The first kappa shape index (κ1) is 13.3. The number of rotatable bonds is 5. The minimum atomic E-state index is 0.512. The second kappa shape index (κ2) is 6.14. The Labute approximate surface area is 114 Å². The van der Waals surface area contributed by atoms with Crippen molar-refractivity contribution in [2.75, 3.05) is 18.9 Å². The van der Waals surface area contributed by atoms with Crippen molar-refractivity contribution in [1.82, 2.24) is 0 Å². The highest BCUT2D eigenvalue weighted by atomic mass is 16.5. The molecule has 0 aliphatic heterocycles. The minimum absolute atomic E-state index is 0.512. The predicted octanol–water partition coefficient (Wildman–Crippen LogP) is 3.34. The van der Waals surface area contributed by atoms with Gasteiger partial charge in [-0.2, -0.15) is 0 Å². The summed E-state index contributed by atoms with van der Waals surface area (Å²) in [6.07, 6.45) is 0. The van der Waals surface area contributed by atoms with Crippen LogP contribution < -0.4 is 15.2 Å². The molecule has 2 N–H and O–H groups in total. The molecule has 0 saturated carbocycles. The van der Waals surface area contributed by atoms with Gasteiger partial charge in [-0.3, -0.25) is 0 Å². The fraction of sp³-hybridized carbons (Fsp3) is 0.250. The summed E-state index contributed by atoms with van der Waals surface area (Å²) in [5.74, 6) is 1.75. The Morgan fingerprint density at radius 2 is 1.42 bits per heavy atom. The number of hydrogen-bond donors (Lipinski definition) is 1. The molecular weight excluding hydrogens is 238 g/mol. The van der Waals surface area contributed by atoms with Gasteiger partial charge in [0.2, 0.25) is 0 Å². The predicted molar refractivity (Wildman–Crippen MR) is 77.8 cm³/mol. The second-order valence-corrected chi connectivity index (χ2v) is 4.49. The van der Waals surface area contributed by atoms with Crippen LogP contribution in [0.4, 0.5) is 5.69 Å². The maximum atomic E-state index is 5.76. The molecule has 0 radical (unpaired) electrons. The van der Waals surface area contributed by atoms with Crippen LogP contribution in [0.2, 0.25) is 0 Å². The first-order valence-electron chi connectivity index (χ1n) is 6.34. The number of nitrogens with two attached hydrogens (primary N) is 1. The molecule has 0 bridgehead atoms. The molecule has 0 spiro atoms. The average Bonchev–Trinajstić information content (AvgIpc) is 2.39. The molecule has 19 heavy (non-hydrogen) atoms. The van der Waals surface area contributed by atoms with E-state index in [0.29, 0.717) is 13.2 Å². The van der Waals surface area contributed by atoms with E-state index in [9.17, 15) is 0 Å². The highest BCUT2D eigenvalue weighted by molar-refractivity contribution is 5.41. The van der Waals surface area contributed by atoms with E-state index in [-0.39, 0.29) is 0 Å². The molecule has 3 nitrogen and oxygen atoms in total. The molecule has 2 rings (SSSR count). The minimum Gasteiger partial charge on any atom is -0.490 e. The Morgan fingerprint density at radius 3 is 2.05 bits per heavy atom. The summed E-state index contributed by atoms with van der Waals surface area (Å²) in [4.78, 5) is 0. The van der Waals surface area contributed by atoms with Crippen LogP contribution in [0.15, 0.2) is 42.5 Å². The van der Waals surface area contributed by atoms with Crippen molar-refractivity contribution in [2.24, 2.45) is 0 Å². The van der Waals surface area contributed by atoms with E-state index in [4.69, 9.17) is 15.2 Å². The fourth-order valence-electron chi connectivity index (χ4n) is 1.89. The van der Waals surface area contributed by atoms with Crippen LogP contribution >= 0.6 is 0 Å². The van der Waals surface area contributed by atoms with E-state index in [1.54, 1.807) is 0 Å². The molecule has 0 fully saturated rings. The first-order valence-corrected chi connectivity index (χ1v) is 6.34. The number of anilines is 1. The molecule has 0 atom stereocenters. The number of nitrogen functional groups attached to an aromatic ring is 1. The monoisotopic (exact) mass is 257 g/mol. The fourth-order valence-corrected chi connectivity index (χ4v) is 1.89. The summed E-state index contributed by atoms with van der Waals surface area (Å²) < 4.78 is 11.3. The van der Waals surface area contributed by atoms with E-state index < -0.39 is 0 Å². The maximum absolute atomic E-state index is 5.76. The van der Waals surface area contributed by atoms with Gasteiger partial charge in [0.15, 0.2) is 0 Å². The molecule has 0 heterocycles. The zero-order chi connectivity index (χ0) is 13.7. The number of para-hydroxylation sites is 1. The molecule has 0 aliphatic rings. The Morgan fingerprint density at radius 1 is 0.842 bits per heavy atom. The normalized spacial score (nSPS) is 10.2. The van der Waals surface area contributed by atoms with Crippen molar-refractivity contribution in [1.29, 1.82) is 0 Å². The summed E-state index contributed by atoms with van der Waals surface area (Å²) in [6.45, 7) is 5.13. The van der Waals surface area contributed by atoms with Gasteiger partial charge in [-0.25, -0.2) is 0 Å². The SMILES string of the molecule is Cc1cccc(C)c1OCCOc1ccc(N)cc1. The van der Waals surface area contributed by atoms with Gasteiger partial charge < -0.3 is 15.2 Å². The van der Waals surface area contributed by atoms with E-state index in [1.807, 2.05) is 56.3 Å². The highest BCUT2D eigenvalue weighted by Gasteiger charge is 2.02. The summed E-state index contributed by atoms with van der Waals surface area (Å²) in [5, 5.41) is 0. The molecule has 2 aromatic carbocycles. The van der Waals surface area contributed by atoms with Gasteiger partial charge in [0.1, 0.15) is 24.7 Å². The Hall–Kier alpha value is -2.16. The van der Waals surface area contributed by atoms with Gasteiger partial charge in [0.25, 0.3) is 0 Å². The highest BCUT2D eigenvalue weighted by Crippen LogP contribution is 2.22. The Kier molecular flexibility index (Phi) is 4.29. The number of aryl methyl sites for hydroxylation is 2. The van der Waals surface area contributed by atoms with Gasteiger partial charge in [0, 0.05) is 5.69 Å². The maximum Gasteiger partial charge on any atom is 0.125 e. The van der Waals surface area contributed by atoms with Crippen LogP contribution in [-0.4, -0.2) is 13.2 Å². The van der Waals surface area contributed by atoms with Crippen molar-refractivity contribution in [3.63, 3.8) is 0 Å². The van der Waals surface area contributed by atoms with Crippen LogP contribution in [0.5, 0.6) is 11.5 Å². The topological polar surface area (TPSA) is 44.5 Å². The van der Waals surface area contributed by atoms with Crippen LogP contribution in [0.3, 0.4) is 0 Å². The third-order valence-corrected chi connectivity index (χ3v) is 2.89. The third kappa shape index (κ3) is 3.65. The van der Waals surface area contributed by atoms with E-state index in [0.717, 1.165) is 28.3 Å². The first-order chi connectivity index (χ1) is 9.16. The van der Waals surface area contributed by atoms with Crippen molar-refractivity contribution < 1.29 is 9.47 Å². The summed E-state index contributed by atoms with van der Waals surface area (Å²) in [5.41, 5.74) is 8.64. The van der Waals surface area contributed by atoms with Crippen LogP contribution in [0, 0.1) is 13.8 Å². The summed E-state index contributed by atoms with van der Waals surface area (Å²) >= 11 is 0. The molecule has 0 unspecified atom stereocenters. The molecule has 3 heteroatoms. The Bertz CT molecular complexity index is 515. The molecule has 0 aliphatic carbocycles. The smallest absolute Gasteiger partial charge is 0.125 e. The number of hydrogen-bond acceptors (Lipinski definition) is 3. The lowest BCUT2D eigenvalue weighted by Crippen LogP contribution is -2.10. The Balaban J connectivity index is 1.82. The number of benzene rings is 2. The van der Waals surface area contributed by atoms with Crippen molar-refractivity contribution >= 4 is 5.69 Å². The summed E-state index contributed by atoms with van der Waals surface area (Å²) in [7, 11) is 0. The third-order valence-electron chi connectivity index (χ3n) is 2.89. The molecular formula is C16H19NO2. The van der Waals surface area contributed by atoms with E-state index >= 15 is 0 Å². The second-order valence-electron chi connectivity index (χ2n) is 4.49. The zero-order valence-corrected chi connectivity index (χ0v) is 11.3. The van der Waals surface area contributed by atoms with E-state index in [2.05, 4.69) is 0 Å². The molecule has 100 valence electrons. The lowest BCUT2D eigenvalue weighted by Gasteiger charge is -2.12. The van der Waals surface area contributed by atoms with Gasteiger partial charge in [-0.15, -0.1) is 0 Å². The molecule has 0 amide bonds.